The van der Waals surface area contributed by atoms with Crippen LogP contribution in [0.3, 0.4) is 0 Å². The van der Waals surface area contributed by atoms with Crippen molar-refractivity contribution in [2.45, 2.75) is 104 Å². The first kappa shape index (κ1) is 19.0. The fourth-order valence-corrected chi connectivity index (χ4v) is 8.85. The van der Waals surface area contributed by atoms with Gasteiger partial charge in [0, 0.05) is 5.92 Å². The van der Waals surface area contributed by atoms with Crippen molar-refractivity contribution < 1.29 is 9.90 Å². The normalized spacial score (nSPS) is 54.0. The van der Waals surface area contributed by atoms with Crippen LogP contribution < -0.4 is 0 Å². The van der Waals surface area contributed by atoms with Crippen molar-refractivity contribution in [3.8, 4) is 0 Å². The molecular formula is C24H40O2. The van der Waals surface area contributed by atoms with E-state index in [1.165, 1.54) is 51.4 Å². The molecule has 0 amide bonds. The van der Waals surface area contributed by atoms with Gasteiger partial charge in [-0.25, -0.2) is 0 Å². The lowest BCUT2D eigenvalue weighted by Gasteiger charge is -2.60. The van der Waals surface area contributed by atoms with Gasteiger partial charge in [-0.2, -0.15) is 0 Å². The fourth-order valence-electron chi connectivity index (χ4n) is 8.85. The van der Waals surface area contributed by atoms with Crippen molar-refractivity contribution in [2.24, 2.45) is 40.4 Å². The average Bonchev–Trinajstić information content (AvgIpc) is 2.91. The Morgan fingerprint density at radius 2 is 1.77 bits per heavy atom. The molecule has 148 valence electrons. The molecule has 4 aliphatic carbocycles. The largest absolute Gasteiger partial charge is 0.390 e. The number of carbonyl (C=O) groups is 1. The third-order valence-corrected chi connectivity index (χ3v) is 10.0. The molecule has 0 aliphatic heterocycles. The van der Waals surface area contributed by atoms with E-state index in [4.69, 9.17) is 0 Å². The lowest BCUT2D eigenvalue weighted by Crippen LogP contribution is -2.53. The van der Waals surface area contributed by atoms with Crippen LogP contribution >= 0.6 is 0 Å². The van der Waals surface area contributed by atoms with Gasteiger partial charge in [0.25, 0.3) is 0 Å². The van der Waals surface area contributed by atoms with Crippen molar-refractivity contribution in [2.75, 3.05) is 0 Å². The highest BCUT2D eigenvalue weighted by molar-refractivity contribution is 5.79. The third kappa shape index (κ3) is 2.65. The highest BCUT2D eigenvalue weighted by Gasteiger charge is 2.61. The van der Waals surface area contributed by atoms with E-state index < -0.39 is 5.60 Å². The molecule has 26 heavy (non-hydrogen) atoms. The lowest BCUT2D eigenvalue weighted by atomic mass is 9.45. The molecule has 0 saturated heterocycles. The van der Waals surface area contributed by atoms with Crippen molar-refractivity contribution in [3.05, 3.63) is 0 Å². The molecule has 4 saturated carbocycles. The fraction of sp³-hybridized carbons (Fsp3) is 0.958. The van der Waals surface area contributed by atoms with Gasteiger partial charge in [-0.15, -0.1) is 0 Å². The van der Waals surface area contributed by atoms with E-state index in [2.05, 4.69) is 20.8 Å². The molecule has 4 fully saturated rings. The van der Waals surface area contributed by atoms with Gasteiger partial charge in [-0.05, 0) is 113 Å². The zero-order valence-electron chi connectivity index (χ0n) is 17.5. The third-order valence-electron chi connectivity index (χ3n) is 10.0. The van der Waals surface area contributed by atoms with Gasteiger partial charge in [0.05, 0.1) is 5.60 Å². The summed E-state index contributed by atoms with van der Waals surface area (Å²) in [4.78, 5) is 12.4. The molecule has 0 aromatic heterocycles. The number of carbonyl (C=O) groups excluding carboxylic acids is 1. The Labute approximate surface area is 160 Å². The minimum atomic E-state index is -0.454. The van der Waals surface area contributed by atoms with E-state index >= 15 is 0 Å². The quantitative estimate of drug-likeness (QED) is 0.679. The van der Waals surface area contributed by atoms with Crippen molar-refractivity contribution >= 4 is 5.78 Å². The van der Waals surface area contributed by atoms with Crippen LogP contribution in [-0.4, -0.2) is 16.5 Å². The second-order valence-electron chi connectivity index (χ2n) is 11.1. The van der Waals surface area contributed by atoms with Gasteiger partial charge in [0.15, 0.2) is 0 Å². The first-order valence-corrected chi connectivity index (χ1v) is 11.5. The molecule has 0 radical (unpaired) electrons. The van der Waals surface area contributed by atoms with Gasteiger partial charge in [0.2, 0.25) is 0 Å². The van der Waals surface area contributed by atoms with Crippen LogP contribution in [0.1, 0.15) is 98.3 Å². The zero-order valence-corrected chi connectivity index (χ0v) is 17.5. The predicted molar refractivity (Wildman–Crippen MR) is 106 cm³/mol. The molecule has 2 nitrogen and oxygen atoms in total. The van der Waals surface area contributed by atoms with E-state index in [1.807, 2.05) is 6.92 Å². The van der Waals surface area contributed by atoms with E-state index in [9.17, 15) is 9.90 Å². The van der Waals surface area contributed by atoms with Gasteiger partial charge in [-0.3, -0.25) is 4.79 Å². The van der Waals surface area contributed by atoms with Crippen molar-refractivity contribution in [3.63, 3.8) is 0 Å². The maximum Gasteiger partial charge on any atom is 0.133 e. The number of ketones is 1. The number of fused-ring (bicyclic) bond motifs is 5. The van der Waals surface area contributed by atoms with Crippen LogP contribution in [0.4, 0.5) is 0 Å². The minimum absolute atomic E-state index is 0.312. The van der Waals surface area contributed by atoms with Crippen LogP contribution in [0.25, 0.3) is 0 Å². The van der Waals surface area contributed by atoms with E-state index in [-0.39, 0.29) is 0 Å². The van der Waals surface area contributed by atoms with Crippen LogP contribution in [0, 0.1) is 40.4 Å². The number of hydrogen-bond acceptors (Lipinski definition) is 2. The monoisotopic (exact) mass is 360 g/mol. The van der Waals surface area contributed by atoms with Crippen molar-refractivity contribution in [1.29, 1.82) is 0 Å². The molecule has 8 atom stereocenters. The van der Waals surface area contributed by atoms with Gasteiger partial charge in [0.1, 0.15) is 5.78 Å². The Hall–Kier alpha value is -0.370. The van der Waals surface area contributed by atoms with E-state index in [1.54, 1.807) is 0 Å². The summed E-state index contributed by atoms with van der Waals surface area (Å²) in [6, 6.07) is 0. The van der Waals surface area contributed by atoms with E-state index in [0.717, 1.165) is 37.0 Å². The molecule has 0 aromatic rings. The predicted octanol–water partition coefficient (Wildman–Crippen LogP) is 5.77. The van der Waals surface area contributed by atoms with Gasteiger partial charge >= 0.3 is 0 Å². The van der Waals surface area contributed by atoms with Crippen LogP contribution in [0.5, 0.6) is 0 Å². The smallest absolute Gasteiger partial charge is 0.133 e. The molecule has 0 aromatic carbocycles. The highest BCUT2D eigenvalue weighted by Crippen LogP contribution is 2.68. The standard InChI is InChI=1S/C24H40O2/c1-5-24-14-11-20-18(21(24)10-9-19(24)16(2)25)8-7-17-15-22(3,26)12-6-13-23(17,20)4/h17-21,26H,5-15H2,1-4H3/t17-,18-,19-,20+,21+,22-,23+,24-/m1/s1. The van der Waals surface area contributed by atoms with Crippen LogP contribution in [0.15, 0.2) is 0 Å². The molecular weight excluding hydrogens is 320 g/mol. The Bertz CT molecular complexity index is 567. The second kappa shape index (κ2) is 6.33. The molecule has 4 aliphatic rings. The SMILES string of the molecule is CC[C@]12CC[C@H]3[C@@H](CC[C@@H]4C[C@](C)(O)CCC[C@@]43C)[C@@H]1CC[C@@H]2C(C)=O. The highest BCUT2D eigenvalue weighted by atomic mass is 16.3. The molecule has 0 heterocycles. The summed E-state index contributed by atoms with van der Waals surface area (Å²) in [6.45, 7) is 8.85. The topological polar surface area (TPSA) is 37.3 Å². The number of aliphatic hydroxyl groups is 1. The van der Waals surface area contributed by atoms with Gasteiger partial charge in [-0.1, -0.05) is 20.3 Å². The first-order chi connectivity index (χ1) is 12.2. The average molecular weight is 361 g/mol. The molecule has 0 unspecified atom stereocenters. The molecule has 2 heteroatoms. The van der Waals surface area contributed by atoms with Crippen LogP contribution in [0.2, 0.25) is 0 Å². The van der Waals surface area contributed by atoms with E-state index in [0.29, 0.717) is 28.4 Å². The Kier molecular flexibility index (Phi) is 4.61. The summed E-state index contributed by atoms with van der Waals surface area (Å²) < 4.78 is 0. The number of hydrogen-bond donors (Lipinski definition) is 1. The summed E-state index contributed by atoms with van der Waals surface area (Å²) >= 11 is 0. The minimum Gasteiger partial charge on any atom is -0.390 e. The van der Waals surface area contributed by atoms with Gasteiger partial charge < -0.3 is 5.11 Å². The molecule has 4 rings (SSSR count). The molecule has 0 bridgehead atoms. The molecule has 1 N–H and O–H groups in total. The Balaban J connectivity index is 1.64. The number of rotatable bonds is 2. The summed E-state index contributed by atoms with van der Waals surface area (Å²) in [5.41, 5.74) is 0.272. The summed E-state index contributed by atoms with van der Waals surface area (Å²) in [5, 5.41) is 10.8. The summed E-state index contributed by atoms with van der Waals surface area (Å²) in [7, 11) is 0. The summed E-state index contributed by atoms with van der Waals surface area (Å²) in [6.07, 6.45) is 13.3. The van der Waals surface area contributed by atoms with Crippen LogP contribution in [-0.2, 0) is 4.79 Å². The Morgan fingerprint density at radius 1 is 1.00 bits per heavy atom. The second-order valence-corrected chi connectivity index (χ2v) is 11.1. The Morgan fingerprint density at radius 3 is 2.46 bits per heavy atom. The maximum atomic E-state index is 12.4. The maximum absolute atomic E-state index is 12.4. The number of Topliss-reactive ketones (excluding diaryl/α,β-unsaturated/α-hetero) is 1. The summed E-state index contributed by atoms with van der Waals surface area (Å²) in [5.74, 6) is 3.92. The van der Waals surface area contributed by atoms with Crippen molar-refractivity contribution in [1.82, 2.24) is 0 Å². The first-order valence-electron chi connectivity index (χ1n) is 11.5. The zero-order chi connectivity index (χ0) is 18.7. The lowest BCUT2D eigenvalue weighted by molar-refractivity contribution is -0.135. The molecule has 0 spiro atoms.